The standard InChI is InChI=1S/C24H28FN3O6S2/c1-14(35(3,30)31)11-12-28(36(4,32)33)22-18(15-5-6-15)13-19-20(23(29)26-2)21(34-24(19)27-22)16-7-9-17(25)10-8-16/h7-10,13-15H,5-6,11-12H2,1-4H3,(H,26,29). The molecular formula is C24H28FN3O6S2. The average Bonchev–Trinajstić information content (AvgIpc) is 3.57. The minimum atomic E-state index is -3.82. The number of rotatable bonds is 9. The van der Waals surface area contributed by atoms with E-state index in [0.29, 0.717) is 16.5 Å². The van der Waals surface area contributed by atoms with E-state index >= 15 is 0 Å². The Kier molecular flexibility index (Phi) is 6.86. The zero-order chi connectivity index (χ0) is 26.4. The SMILES string of the molecule is CNC(=O)c1c(-c2ccc(F)cc2)oc2nc(N(CCC(C)S(C)(=O)=O)S(C)(=O)=O)c(C3CC3)cc12. The van der Waals surface area contributed by atoms with Crippen LogP contribution in [0, 0.1) is 5.82 Å². The van der Waals surface area contributed by atoms with Crippen molar-refractivity contribution in [1.82, 2.24) is 10.3 Å². The molecule has 1 saturated carbocycles. The van der Waals surface area contributed by atoms with Gasteiger partial charge in [-0.2, -0.15) is 4.98 Å². The van der Waals surface area contributed by atoms with E-state index in [1.165, 1.54) is 38.2 Å². The summed E-state index contributed by atoms with van der Waals surface area (Å²) in [5.74, 6) is -0.468. The number of nitrogens with one attached hydrogen (secondary N) is 1. The van der Waals surface area contributed by atoms with Crippen LogP contribution in [0.15, 0.2) is 34.7 Å². The van der Waals surface area contributed by atoms with Crippen molar-refractivity contribution >= 4 is 42.7 Å². The Balaban J connectivity index is 1.91. The molecule has 36 heavy (non-hydrogen) atoms. The van der Waals surface area contributed by atoms with Crippen molar-refractivity contribution < 1.29 is 30.4 Å². The highest BCUT2D eigenvalue weighted by molar-refractivity contribution is 7.92. The van der Waals surface area contributed by atoms with Crippen molar-refractivity contribution in [3.8, 4) is 11.3 Å². The van der Waals surface area contributed by atoms with Crippen molar-refractivity contribution in [2.75, 3.05) is 30.4 Å². The molecule has 0 radical (unpaired) electrons. The lowest BCUT2D eigenvalue weighted by molar-refractivity contribution is 0.0964. The second-order valence-corrected chi connectivity index (χ2v) is 13.6. The number of furan rings is 1. The van der Waals surface area contributed by atoms with Gasteiger partial charge in [0.25, 0.3) is 5.91 Å². The van der Waals surface area contributed by atoms with E-state index < -0.39 is 36.8 Å². The summed E-state index contributed by atoms with van der Waals surface area (Å²) in [6, 6.07) is 7.20. The molecule has 1 N–H and O–H groups in total. The lowest BCUT2D eigenvalue weighted by Crippen LogP contribution is -2.35. The molecule has 3 aromatic rings. The number of fused-ring (bicyclic) bond motifs is 1. The predicted molar refractivity (Wildman–Crippen MR) is 136 cm³/mol. The molecule has 2 aromatic heterocycles. The third kappa shape index (κ3) is 5.24. The topological polar surface area (TPSA) is 127 Å². The van der Waals surface area contributed by atoms with E-state index in [9.17, 15) is 26.0 Å². The fraction of sp³-hybridized carbons (Fsp3) is 0.417. The summed E-state index contributed by atoms with van der Waals surface area (Å²) in [6.45, 7) is 1.45. The fourth-order valence-electron chi connectivity index (χ4n) is 4.02. The van der Waals surface area contributed by atoms with E-state index in [-0.39, 0.29) is 41.7 Å². The van der Waals surface area contributed by atoms with Gasteiger partial charge in [-0.15, -0.1) is 0 Å². The Morgan fingerprint density at radius 2 is 1.83 bits per heavy atom. The minimum Gasteiger partial charge on any atom is -0.437 e. The number of hydrogen-bond donors (Lipinski definition) is 1. The molecule has 1 fully saturated rings. The van der Waals surface area contributed by atoms with Crippen molar-refractivity contribution in [2.24, 2.45) is 0 Å². The van der Waals surface area contributed by atoms with Gasteiger partial charge in [0.1, 0.15) is 27.2 Å². The minimum absolute atomic E-state index is 0.0511. The molecule has 1 unspecified atom stereocenters. The molecule has 0 bridgehead atoms. The summed E-state index contributed by atoms with van der Waals surface area (Å²) in [5, 5.41) is 2.26. The highest BCUT2D eigenvalue weighted by atomic mass is 32.2. The molecular weight excluding hydrogens is 509 g/mol. The monoisotopic (exact) mass is 537 g/mol. The van der Waals surface area contributed by atoms with E-state index in [0.717, 1.165) is 29.7 Å². The molecule has 0 spiro atoms. The maximum absolute atomic E-state index is 13.5. The quantitative estimate of drug-likeness (QED) is 0.443. The Morgan fingerprint density at radius 3 is 2.36 bits per heavy atom. The lowest BCUT2D eigenvalue weighted by atomic mass is 10.0. The summed E-state index contributed by atoms with van der Waals surface area (Å²) in [6.07, 6.45) is 3.90. The summed E-state index contributed by atoms with van der Waals surface area (Å²) >= 11 is 0. The number of carbonyl (C=O) groups is 1. The van der Waals surface area contributed by atoms with E-state index in [4.69, 9.17) is 4.42 Å². The maximum atomic E-state index is 13.5. The van der Waals surface area contributed by atoms with E-state index in [2.05, 4.69) is 10.3 Å². The van der Waals surface area contributed by atoms with Crippen LogP contribution in [0.2, 0.25) is 0 Å². The molecule has 12 heteroatoms. The number of sulfone groups is 1. The highest BCUT2D eigenvalue weighted by Crippen LogP contribution is 2.46. The van der Waals surface area contributed by atoms with Crippen LogP contribution in [0.3, 0.4) is 0 Å². The second-order valence-electron chi connectivity index (χ2n) is 9.18. The van der Waals surface area contributed by atoms with E-state index in [1.807, 2.05) is 0 Å². The van der Waals surface area contributed by atoms with Gasteiger partial charge < -0.3 is 9.73 Å². The molecule has 194 valence electrons. The molecule has 1 aliphatic rings. The van der Waals surface area contributed by atoms with Crippen LogP contribution in [0.25, 0.3) is 22.4 Å². The van der Waals surface area contributed by atoms with Crippen LogP contribution in [-0.2, 0) is 19.9 Å². The van der Waals surface area contributed by atoms with Gasteiger partial charge in [-0.05, 0) is 68.0 Å². The smallest absolute Gasteiger partial charge is 0.255 e. The number of benzene rings is 1. The first kappa shape index (κ1) is 26.1. The first-order chi connectivity index (χ1) is 16.8. The van der Waals surface area contributed by atoms with Gasteiger partial charge >= 0.3 is 0 Å². The molecule has 0 aliphatic heterocycles. The molecule has 2 heterocycles. The lowest BCUT2D eigenvalue weighted by Gasteiger charge is -2.25. The van der Waals surface area contributed by atoms with Crippen LogP contribution < -0.4 is 9.62 Å². The number of carbonyl (C=O) groups excluding carboxylic acids is 1. The number of halogens is 1. The number of aromatic nitrogens is 1. The molecule has 9 nitrogen and oxygen atoms in total. The number of pyridine rings is 1. The Hall–Kier alpha value is -2.99. The van der Waals surface area contributed by atoms with Gasteiger partial charge in [-0.1, -0.05) is 0 Å². The van der Waals surface area contributed by atoms with Gasteiger partial charge in [0.2, 0.25) is 15.7 Å². The summed E-state index contributed by atoms with van der Waals surface area (Å²) in [4.78, 5) is 17.4. The first-order valence-electron chi connectivity index (χ1n) is 11.4. The normalized spacial score (nSPS) is 15.1. The number of anilines is 1. The first-order valence-corrected chi connectivity index (χ1v) is 15.2. The number of sulfonamides is 1. The van der Waals surface area contributed by atoms with Crippen LogP contribution in [0.1, 0.15) is 48.0 Å². The Labute approximate surface area is 209 Å². The van der Waals surface area contributed by atoms with Crippen molar-refractivity contribution in [3.63, 3.8) is 0 Å². The number of hydrogen-bond acceptors (Lipinski definition) is 7. The maximum Gasteiger partial charge on any atom is 0.255 e. The average molecular weight is 538 g/mol. The number of amides is 1. The largest absolute Gasteiger partial charge is 0.437 e. The van der Waals surface area contributed by atoms with Crippen LogP contribution in [0.4, 0.5) is 10.2 Å². The van der Waals surface area contributed by atoms with Gasteiger partial charge in [-0.25, -0.2) is 21.2 Å². The molecule has 0 saturated heterocycles. The third-order valence-corrected chi connectivity index (χ3v) is 9.23. The van der Waals surface area contributed by atoms with Crippen molar-refractivity contribution in [2.45, 2.75) is 37.4 Å². The molecule has 1 amide bonds. The van der Waals surface area contributed by atoms with Crippen molar-refractivity contribution in [1.29, 1.82) is 0 Å². The summed E-state index contributed by atoms with van der Waals surface area (Å²) in [5.41, 5.74) is 1.38. The van der Waals surface area contributed by atoms with Crippen LogP contribution >= 0.6 is 0 Å². The summed E-state index contributed by atoms with van der Waals surface area (Å²) in [7, 11) is -5.70. The van der Waals surface area contributed by atoms with Gasteiger partial charge in [-0.3, -0.25) is 9.10 Å². The number of nitrogens with zero attached hydrogens (tertiary/aromatic N) is 2. The zero-order valence-corrected chi connectivity index (χ0v) is 22.0. The molecule has 1 aromatic carbocycles. The van der Waals surface area contributed by atoms with Gasteiger partial charge in [0, 0.05) is 25.4 Å². The Bertz CT molecular complexity index is 1530. The molecule has 1 atom stereocenters. The van der Waals surface area contributed by atoms with Crippen molar-refractivity contribution in [3.05, 3.63) is 47.3 Å². The Morgan fingerprint density at radius 1 is 1.19 bits per heavy atom. The second kappa shape index (κ2) is 9.47. The molecule has 1 aliphatic carbocycles. The summed E-state index contributed by atoms with van der Waals surface area (Å²) < 4.78 is 70.1. The van der Waals surface area contributed by atoms with Crippen LogP contribution in [0.5, 0.6) is 0 Å². The zero-order valence-electron chi connectivity index (χ0n) is 20.4. The predicted octanol–water partition coefficient (Wildman–Crippen LogP) is 3.46. The van der Waals surface area contributed by atoms with Gasteiger partial charge in [0.15, 0.2) is 0 Å². The van der Waals surface area contributed by atoms with E-state index in [1.54, 1.807) is 6.07 Å². The highest BCUT2D eigenvalue weighted by Gasteiger charge is 2.34. The fourth-order valence-corrected chi connectivity index (χ4v) is 5.45. The molecule has 4 rings (SSSR count). The van der Waals surface area contributed by atoms with Crippen LogP contribution in [-0.4, -0.2) is 59.1 Å². The van der Waals surface area contributed by atoms with Gasteiger partial charge in [0.05, 0.1) is 22.5 Å². The third-order valence-electron chi connectivity index (χ3n) is 6.37.